The monoisotopic (exact) mass is 490 g/mol. The Balaban J connectivity index is 1.71. The van der Waals surface area contributed by atoms with E-state index in [1.54, 1.807) is 24.3 Å². The first-order valence-corrected chi connectivity index (χ1v) is 11.7. The molecule has 1 unspecified atom stereocenters. The Morgan fingerprint density at radius 1 is 1.28 bits per heavy atom. The largest absolute Gasteiger partial charge is 0.482 e. The molecule has 168 valence electrons. The van der Waals surface area contributed by atoms with Gasteiger partial charge in [-0.25, -0.2) is 0 Å². The number of carbonyl (C=O) groups is 1. The summed E-state index contributed by atoms with van der Waals surface area (Å²) in [6.07, 6.45) is 1.42. The number of hydrogen-bond acceptors (Lipinski definition) is 5. The molecule has 3 aromatic rings. The van der Waals surface area contributed by atoms with Crippen LogP contribution >= 0.6 is 35.0 Å². The highest BCUT2D eigenvalue weighted by molar-refractivity contribution is 7.99. The molecule has 0 radical (unpaired) electrons. The number of allylic oxidation sites excluding steroid dienone is 1. The van der Waals surface area contributed by atoms with Gasteiger partial charge in [-0.2, -0.15) is 0 Å². The van der Waals surface area contributed by atoms with Crippen molar-refractivity contribution in [1.82, 2.24) is 14.8 Å². The minimum absolute atomic E-state index is 0.129. The average Bonchev–Trinajstić information content (AvgIpc) is 3.15. The Bertz CT molecular complexity index is 1130. The summed E-state index contributed by atoms with van der Waals surface area (Å²) in [6, 6.07) is 10.9. The number of benzene rings is 2. The van der Waals surface area contributed by atoms with Gasteiger partial charge in [-0.05, 0) is 56.2 Å². The zero-order valence-electron chi connectivity index (χ0n) is 18.1. The number of amides is 1. The van der Waals surface area contributed by atoms with E-state index < -0.39 is 0 Å². The van der Waals surface area contributed by atoms with E-state index in [2.05, 4.69) is 22.1 Å². The van der Waals surface area contributed by atoms with Crippen LogP contribution in [-0.4, -0.2) is 26.4 Å². The molecule has 32 heavy (non-hydrogen) atoms. The number of anilines is 1. The number of aromatic nitrogens is 3. The van der Waals surface area contributed by atoms with E-state index in [0.29, 0.717) is 33.3 Å². The Labute approximate surface area is 202 Å². The van der Waals surface area contributed by atoms with E-state index in [1.807, 2.05) is 43.5 Å². The SMILES string of the molecule is C=CCn1c(SCC(=O)Nc2cc(Cl)ccc2Cl)nnc1C(C)Oc1cccc(C)c1C. The van der Waals surface area contributed by atoms with E-state index in [4.69, 9.17) is 27.9 Å². The normalized spacial score (nSPS) is 11.8. The Morgan fingerprint density at radius 2 is 2.06 bits per heavy atom. The molecule has 9 heteroatoms. The number of aryl methyl sites for hydroxylation is 1. The first-order valence-electron chi connectivity index (χ1n) is 9.94. The summed E-state index contributed by atoms with van der Waals surface area (Å²) in [7, 11) is 0. The first kappa shape index (κ1) is 24.2. The third-order valence-corrected chi connectivity index (χ3v) is 6.35. The maximum absolute atomic E-state index is 12.4. The van der Waals surface area contributed by atoms with E-state index in [1.165, 1.54) is 11.8 Å². The van der Waals surface area contributed by atoms with Crippen LogP contribution in [0.15, 0.2) is 54.2 Å². The van der Waals surface area contributed by atoms with Gasteiger partial charge >= 0.3 is 0 Å². The molecule has 1 amide bonds. The van der Waals surface area contributed by atoms with Crippen LogP contribution in [0, 0.1) is 13.8 Å². The molecular formula is C23H24Cl2N4O2S. The molecule has 0 bridgehead atoms. The lowest BCUT2D eigenvalue weighted by Gasteiger charge is -2.18. The second kappa shape index (κ2) is 10.9. The summed E-state index contributed by atoms with van der Waals surface area (Å²) in [5.41, 5.74) is 2.71. The number of halogens is 2. The van der Waals surface area contributed by atoms with Crippen molar-refractivity contribution in [3.63, 3.8) is 0 Å². The Kier molecular flexibility index (Phi) is 8.23. The van der Waals surface area contributed by atoms with E-state index in [0.717, 1.165) is 16.9 Å². The first-order chi connectivity index (χ1) is 15.3. The predicted molar refractivity (Wildman–Crippen MR) is 131 cm³/mol. The quantitative estimate of drug-likeness (QED) is 0.283. The van der Waals surface area contributed by atoms with Crippen molar-refractivity contribution >= 4 is 46.6 Å². The van der Waals surface area contributed by atoms with E-state index >= 15 is 0 Å². The van der Waals surface area contributed by atoms with Crippen LogP contribution in [0.3, 0.4) is 0 Å². The Morgan fingerprint density at radius 3 is 2.81 bits per heavy atom. The van der Waals surface area contributed by atoms with Crippen molar-refractivity contribution in [2.45, 2.75) is 38.6 Å². The molecule has 1 heterocycles. The van der Waals surface area contributed by atoms with Crippen LogP contribution in [-0.2, 0) is 11.3 Å². The molecule has 0 aliphatic rings. The number of thioether (sulfide) groups is 1. The van der Waals surface area contributed by atoms with Crippen molar-refractivity contribution in [1.29, 1.82) is 0 Å². The molecule has 0 aliphatic carbocycles. The van der Waals surface area contributed by atoms with E-state index in [-0.39, 0.29) is 17.8 Å². The number of hydrogen-bond donors (Lipinski definition) is 1. The maximum Gasteiger partial charge on any atom is 0.234 e. The second-order valence-electron chi connectivity index (χ2n) is 7.16. The zero-order chi connectivity index (χ0) is 23.3. The van der Waals surface area contributed by atoms with Crippen LogP contribution in [0.25, 0.3) is 0 Å². The average molecular weight is 491 g/mol. The van der Waals surface area contributed by atoms with Gasteiger partial charge in [-0.3, -0.25) is 9.36 Å². The molecule has 3 rings (SSSR count). The van der Waals surface area contributed by atoms with E-state index in [9.17, 15) is 4.79 Å². The molecule has 2 aromatic carbocycles. The summed E-state index contributed by atoms with van der Waals surface area (Å²) in [5.74, 6) is 1.36. The highest BCUT2D eigenvalue weighted by Gasteiger charge is 2.20. The summed E-state index contributed by atoms with van der Waals surface area (Å²) < 4.78 is 8.06. The lowest BCUT2D eigenvalue weighted by Crippen LogP contribution is -2.16. The van der Waals surface area contributed by atoms with Gasteiger partial charge in [0.15, 0.2) is 17.1 Å². The lowest BCUT2D eigenvalue weighted by molar-refractivity contribution is -0.113. The van der Waals surface area contributed by atoms with Crippen LogP contribution in [0.1, 0.15) is 30.0 Å². The smallest absolute Gasteiger partial charge is 0.234 e. The van der Waals surface area contributed by atoms with Crippen LogP contribution in [0.2, 0.25) is 10.0 Å². The van der Waals surface area contributed by atoms with Crippen molar-refractivity contribution < 1.29 is 9.53 Å². The molecule has 0 spiro atoms. The summed E-state index contributed by atoms with van der Waals surface area (Å²) in [5, 5.41) is 12.9. The van der Waals surface area contributed by atoms with Gasteiger partial charge in [0.1, 0.15) is 5.75 Å². The molecule has 1 atom stereocenters. The van der Waals surface area contributed by atoms with Crippen molar-refractivity contribution in [3.05, 3.63) is 76.0 Å². The molecule has 0 aliphatic heterocycles. The molecule has 6 nitrogen and oxygen atoms in total. The summed E-state index contributed by atoms with van der Waals surface area (Å²) >= 11 is 13.4. The minimum Gasteiger partial charge on any atom is -0.482 e. The molecule has 1 aromatic heterocycles. The van der Waals surface area contributed by atoms with Crippen molar-refractivity contribution in [3.8, 4) is 5.75 Å². The molecule has 1 N–H and O–H groups in total. The van der Waals surface area contributed by atoms with Crippen LogP contribution < -0.4 is 10.1 Å². The molecular weight excluding hydrogens is 467 g/mol. The van der Waals surface area contributed by atoms with Crippen LogP contribution in [0.4, 0.5) is 5.69 Å². The molecule has 0 fully saturated rings. The number of ether oxygens (including phenoxy) is 1. The lowest BCUT2D eigenvalue weighted by atomic mass is 10.1. The highest BCUT2D eigenvalue weighted by Crippen LogP contribution is 2.29. The fraction of sp³-hybridized carbons (Fsp3) is 0.261. The van der Waals surface area contributed by atoms with Gasteiger partial charge in [-0.1, -0.05) is 53.2 Å². The zero-order valence-corrected chi connectivity index (χ0v) is 20.4. The highest BCUT2D eigenvalue weighted by atomic mass is 35.5. The number of nitrogens with one attached hydrogen (secondary N) is 1. The second-order valence-corrected chi connectivity index (χ2v) is 8.95. The number of nitrogens with zero attached hydrogens (tertiary/aromatic N) is 3. The van der Waals surface area contributed by atoms with Gasteiger partial charge < -0.3 is 10.1 Å². The van der Waals surface area contributed by atoms with Crippen molar-refractivity contribution in [2.75, 3.05) is 11.1 Å². The number of rotatable bonds is 9. The van der Waals surface area contributed by atoms with Crippen LogP contribution in [0.5, 0.6) is 5.75 Å². The summed E-state index contributed by atoms with van der Waals surface area (Å²) in [6.45, 7) is 10.3. The topological polar surface area (TPSA) is 69.0 Å². The predicted octanol–water partition coefficient (Wildman–Crippen LogP) is 6.26. The Hall–Kier alpha value is -2.48. The van der Waals surface area contributed by atoms with Crippen molar-refractivity contribution in [2.24, 2.45) is 0 Å². The van der Waals surface area contributed by atoms with Gasteiger partial charge in [0.25, 0.3) is 0 Å². The standard InChI is InChI=1S/C23H24Cl2N4O2S/c1-5-11-29-22(16(4)31-20-8-6-7-14(2)15(20)3)27-28-23(29)32-13-21(30)26-19-12-17(24)9-10-18(19)25/h5-10,12,16H,1,11,13H2,2-4H3,(H,26,30). The van der Waals surface area contributed by atoms with Gasteiger partial charge in [-0.15, -0.1) is 16.8 Å². The number of carbonyl (C=O) groups excluding carboxylic acids is 1. The molecule has 0 saturated heterocycles. The third-order valence-electron chi connectivity index (χ3n) is 4.81. The third kappa shape index (κ3) is 5.85. The molecule has 0 saturated carbocycles. The fourth-order valence-electron chi connectivity index (χ4n) is 3.01. The minimum atomic E-state index is -0.337. The fourth-order valence-corrected chi connectivity index (χ4v) is 4.10. The maximum atomic E-state index is 12.4. The van der Waals surface area contributed by atoms with Gasteiger partial charge in [0.05, 0.1) is 16.5 Å². The summed E-state index contributed by atoms with van der Waals surface area (Å²) in [4.78, 5) is 12.4. The van der Waals surface area contributed by atoms with Gasteiger partial charge in [0, 0.05) is 11.6 Å². The van der Waals surface area contributed by atoms with Gasteiger partial charge in [0.2, 0.25) is 5.91 Å².